The van der Waals surface area contributed by atoms with E-state index in [4.69, 9.17) is 0 Å². The lowest BCUT2D eigenvalue weighted by Crippen LogP contribution is -2.46. The summed E-state index contributed by atoms with van der Waals surface area (Å²) in [4.78, 5) is 47.7. The van der Waals surface area contributed by atoms with Gasteiger partial charge in [0.25, 0.3) is 11.5 Å². The highest BCUT2D eigenvalue weighted by Gasteiger charge is 2.30. The number of pyridine rings is 1. The predicted molar refractivity (Wildman–Crippen MR) is 128 cm³/mol. The standard InChI is InChI=1S/C23H27FN6O3S/c1-28-13-25-12-19(28)21(31)27-15-2-4-16(5-3-15)30-22(32)18-10-14(24)11-26-20(18)29(23(30)33)17-6-8-34-9-7-17/h10-13,15-17H,2-9H2,1H3,(H,27,31)/t15-,16+. The molecule has 1 aliphatic heterocycles. The molecule has 0 radical (unpaired) electrons. The third-order valence-electron chi connectivity index (χ3n) is 6.93. The highest BCUT2D eigenvalue weighted by Crippen LogP contribution is 2.30. The highest BCUT2D eigenvalue weighted by molar-refractivity contribution is 7.99. The summed E-state index contributed by atoms with van der Waals surface area (Å²) >= 11 is 1.84. The molecule has 5 rings (SSSR count). The van der Waals surface area contributed by atoms with Gasteiger partial charge in [0.2, 0.25) is 0 Å². The molecule has 3 aromatic rings. The molecule has 1 aliphatic carbocycles. The largest absolute Gasteiger partial charge is 0.348 e. The number of aromatic nitrogens is 5. The number of carbonyl (C=O) groups is 1. The van der Waals surface area contributed by atoms with Gasteiger partial charge in [-0.15, -0.1) is 0 Å². The third-order valence-corrected chi connectivity index (χ3v) is 7.97. The van der Waals surface area contributed by atoms with Gasteiger partial charge in [0, 0.05) is 25.2 Å². The Kier molecular flexibility index (Phi) is 6.28. The van der Waals surface area contributed by atoms with Gasteiger partial charge in [-0.2, -0.15) is 11.8 Å². The lowest BCUT2D eigenvalue weighted by Gasteiger charge is -2.31. The van der Waals surface area contributed by atoms with Crippen LogP contribution in [0.5, 0.6) is 0 Å². The number of rotatable bonds is 4. The van der Waals surface area contributed by atoms with Gasteiger partial charge in [-0.05, 0) is 56.1 Å². The first-order valence-corrected chi connectivity index (χ1v) is 12.8. The quantitative estimate of drug-likeness (QED) is 0.608. The molecule has 2 fully saturated rings. The highest BCUT2D eigenvalue weighted by atomic mass is 32.2. The van der Waals surface area contributed by atoms with Crippen molar-refractivity contribution in [1.29, 1.82) is 0 Å². The number of halogens is 1. The summed E-state index contributed by atoms with van der Waals surface area (Å²) in [5.41, 5.74) is -0.107. The predicted octanol–water partition coefficient (Wildman–Crippen LogP) is 2.41. The first-order valence-electron chi connectivity index (χ1n) is 11.6. The second-order valence-corrected chi connectivity index (χ2v) is 10.3. The van der Waals surface area contributed by atoms with Gasteiger partial charge in [-0.3, -0.25) is 18.7 Å². The van der Waals surface area contributed by atoms with Gasteiger partial charge < -0.3 is 9.88 Å². The summed E-state index contributed by atoms with van der Waals surface area (Å²) in [6.45, 7) is 0. The summed E-state index contributed by atoms with van der Waals surface area (Å²) in [5, 5.41) is 3.17. The maximum atomic E-state index is 14.0. The molecule has 11 heteroatoms. The Morgan fingerprint density at radius 3 is 2.44 bits per heavy atom. The summed E-state index contributed by atoms with van der Waals surface area (Å²) in [6, 6.07) is 0.776. The summed E-state index contributed by atoms with van der Waals surface area (Å²) in [7, 11) is 1.76. The molecule has 34 heavy (non-hydrogen) atoms. The normalized spacial score (nSPS) is 21.6. The molecule has 1 amide bonds. The molecule has 1 saturated carbocycles. The summed E-state index contributed by atoms with van der Waals surface area (Å²) in [6.07, 6.45) is 8.20. The Labute approximate surface area is 199 Å². The molecule has 9 nitrogen and oxygen atoms in total. The monoisotopic (exact) mass is 486 g/mol. The second-order valence-electron chi connectivity index (χ2n) is 9.06. The SMILES string of the molecule is Cn1cncc1C(=O)N[C@H]1CC[C@@H](n2c(=O)c3cc(F)cnc3n(C3CCSCC3)c2=O)CC1. The van der Waals surface area contributed by atoms with E-state index >= 15 is 0 Å². The van der Waals surface area contributed by atoms with E-state index in [-0.39, 0.29) is 40.8 Å². The molecular formula is C23H27FN6O3S. The van der Waals surface area contributed by atoms with Crippen LogP contribution < -0.4 is 16.6 Å². The fraction of sp³-hybridized carbons (Fsp3) is 0.522. The number of thioether (sulfide) groups is 1. The van der Waals surface area contributed by atoms with Crippen molar-refractivity contribution < 1.29 is 9.18 Å². The minimum atomic E-state index is -0.595. The van der Waals surface area contributed by atoms with Crippen LogP contribution >= 0.6 is 11.8 Å². The van der Waals surface area contributed by atoms with E-state index in [1.807, 2.05) is 11.8 Å². The number of imidazole rings is 1. The molecule has 2 aliphatic rings. The molecular weight excluding hydrogens is 459 g/mol. The molecule has 0 aromatic carbocycles. The average Bonchev–Trinajstić information content (AvgIpc) is 3.27. The topological polar surface area (TPSA) is 104 Å². The number of amides is 1. The van der Waals surface area contributed by atoms with E-state index in [9.17, 15) is 18.8 Å². The van der Waals surface area contributed by atoms with E-state index in [0.29, 0.717) is 31.4 Å². The van der Waals surface area contributed by atoms with Crippen LogP contribution in [-0.4, -0.2) is 47.1 Å². The van der Waals surface area contributed by atoms with E-state index in [2.05, 4.69) is 15.3 Å². The van der Waals surface area contributed by atoms with Crippen molar-refractivity contribution in [2.45, 2.75) is 56.7 Å². The van der Waals surface area contributed by atoms with Crippen LogP contribution in [0.25, 0.3) is 11.0 Å². The van der Waals surface area contributed by atoms with Crippen molar-refractivity contribution in [2.75, 3.05) is 11.5 Å². The molecule has 0 spiro atoms. The van der Waals surface area contributed by atoms with Crippen molar-refractivity contribution in [3.05, 3.63) is 57.1 Å². The van der Waals surface area contributed by atoms with Crippen LogP contribution in [0.15, 0.2) is 34.4 Å². The Morgan fingerprint density at radius 2 is 1.76 bits per heavy atom. The van der Waals surface area contributed by atoms with Crippen LogP contribution in [0, 0.1) is 5.82 Å². The minimum absolute atomic E-state index is 0.0495. The number of nitrogens with zero attached hydrogens (tertiary/aromatic N) is 5. The molecule has 0 unspecified atom stereocenters. The van der Waals surface area contributed by atoms with Crippen molar-refractivity contribution >= 4 is 28.7 Å². The van der Waals surface area contributed by atoms with Gasteiger partial charge in [0.15, 0.2) is 0 Å². The van der Waals surface area contributed by atoms with Gasteiger partial charge in [0.05, 0.1) is 24.1 Å². The second kappa shape index (κ2) is 9.36. The molecule has 1 saturated heterocycles. The zero-order valence-corrected chi connectivity index (χ0v) is 19.8. The number of aryl methyl sites for hydroxylation is 1. The fourth-order valence-electron chi connectivity index (χ4n) is 5.11. The van der Waals surface area contributed by atoms with Gasteiger partial charge in [0.1, 0.15) is 17.2 Å². The maximum Gasteiger partial charge on any atom is 0.333 e. The van der Waals surface area contributed by atoms with E-state index in [0.717, 1.165) is 30.5 Å². The molecule has 0 atom stereocenters. The van der Waals surface area contributed by atoms with Crippen molar-refractivity contribution in [3.63, 3.8) is 0 Å². The summed E-state index contributed by atoms with van der Waals surface area (Å²) < 4.78 is 18.6. The molecule has 180 valence electrons. The first kappa shape index (κ1) is 22.8. The van der Waals surface area contributed by atoms with Crippen molar-refractivity contribution in [2.24, 2.45) is 7.05 Å². The van der Waals surface area contributed by atoms with Crippen molar-refractivity contribution in [1.82, 2.24) is 29.0 Å². The number of carbonyl (C=O) groups excluding carboxylic acids is 1. The number of nitrogens with one attached hydrogen (secondary N) is 1. The fourth-order valence-corrected chi connectivity index (χ4v) is 6.19. The Morgan fingerprint density at radius 1 is 1.06 bits per heavy atom. The Hall–Kier alpha value is -2.95. The van der Waals surface area contributed by atoms with E-state index < -0.39 is 11.4 Å². The van der Waals surface area contributed by atoms with Crippen LogP contribution in [0.2, 0.25) is 0 Å². The molecule has 1 N–H and O–H groups in total. The first-order chi connectivity index (χ1) is 16.4. The van der Waals surface area contributed by atoms with Crippen LogP contribution in [0.1, 0.15) is 61.1 Å². The zero-order valence-electron chi connectivity index (χ0n) is 18.9. The average molecular weight is 487 g/mol. The molecule has 4 heterocycles. The van der Waals surface area contributed by atoms with Crippen LogP contribution in [0.4, 0.5) is 4.39 Å². The van der Waals surface area contributed by atoms with Crippen LogP contribution in [0.3, 0.4) is 0 Å². The zero-order chi connectivity index (χ0) is 23.8. The molecule has 3 aromatic heterocycles. The number of fused-ring (bicyclic) bond motifs is 1. The van der Waals surface area contributed by atoms with Gasteiger partial charge in [-0.1, -0.05) is 0 Å². The number of hydrogen-bond acceptors (Lipinski definition) is 6. The lowest BCUT2D eigenvalue weighted by atomic mass is 9.90. The van der Waals surface area contributed by atoms with Gasteiger partial charge in [-0.25, -0.2) is 19.2 Å². The smallest absolute Gasteiger partial charge is 0.333 e. The maximum absolute atomic E-state index is 14.0. The Balaban J connectivity index is 1.44. The Bertz CT molecular complexity index is 1330. The van der Waals surface area contributed by atoms with Crippen molar-refractivity contribution in [3.8, 4) is 0 Å². The minimum Gasteiger partial charge on any atom is -0.348 e. The van der Waals surface area contributed by atoms with E-state index in [1.165, 1.54) is 16.8 Å². The van der Waals surface area contributed by atoms with E-state index in [1.54, 1.807) is 22.5 Å². The number of hydrogen-bond donors (Lipinski definition) is 1. The molecule has 0 bridgehead atoms. The van der Waals surface area contributed by atoms with Crippen LogP contribution in [-0.2, 0) is 7.05 Å². The summed E-state index contributed by atoms with van der Waals surface area (Å²) in [5.74, 6) is 1.08. The third kappa shape index (κ3) is 4.17. The van der Waals surface area contributed by atoms with Gasteiger partial charge >= 0.3 is 5.69 Å². The lowest BCUT2D eigenvalue weighted by molar-refractivity contribution is 0.0913.